The van der Waals surface area contributed by atoms with Crippen molar-refractivity contribution in [3.8, 4) is 0 Å². The van der Waals surface area contributed by atoms with Crippen molar-refractivity contribution in [1.82, 2.24) is 9.97 Å². The van der Waals surface area contributed by atoms with Gasteiger partial charge in [-0.25, -0.2) is 9.97 Å². The van der Waals surface area contributed by atoms with Gasteiger partial charge in [-0.2, -0.15) is 0 Å². The van der Waals surface area contributed by atoms with Crippen LogP contribution in [-0.2, 0) is 5.75 Å². The molecule has 0 spiro atoms. The maximum atomic E-state index is 6.12. The van der Waals surface area contributed by atoms with Gasteiger partial charge in [-0.1, -0.05) is 37.6 Å². The van der Waals surface area contributed by atoms with Gasteiger partial charge in [0.25, 0.3) is 0 Å². The van der Waals surface area contributed by atoms with Crippen molar-refractivity contribution in [2.75, 3.05) is 5.73 Å². The van der Waals surface area contributed by atoms with E-state index in [0.29, 0.717) is 17.5 Å². The third kappa shape index (κ3) is 3.85. The first-order valence-electron chi connectivity index (χ1n) is 6.07. The molecule has 0 saturated heterocycles. The molecule has 0 unspecified atom stereocenters. The Morgan fingerprint density at radius 3 is 2.68 bits per heavy atom. The average molecular weight is 294 g/mol. The summed E-state index contributed by atoms with van der Waals surface area (Å²) in [5, 5.41) is 0.750. The summed E-state index contributed by atoms with van der Waals surface area (Å²) in [6.45, 7) is 4.18. The molecule has 0 aliphatic carbocycles. The lowest BCUT2D eigenvalue weighted by atomic mass is 10.1. The van der Waals surface area contributed by atoms with Crippen molar-refractivity contribution in [1.29, 1.82) is 0 Å². The highest BCUT2D eigenvalue weighted by atomic mass is 35.5. The third-order valence-electron chi connectivity index (χ3n) is 2.60. The average Bonchev–Trinajstić information content (AvgIpc) is 2.37. The summed E-state index contributed by atoms with van der Waals surface area (Å²) in [4.78, 5) is 9.82. The molecule has 0 atom stereocenters. The Hall–Kier alpha value is -1.26. The minimum Gasteiger partial charge on any atom is -0.384 e. The van der Waals surface area contributed by atoms with Crippen LogP contribution in [0.3, 0.4) is 0 Å². The van der Waals surface area contributed by atoms with Crippen LogP contribution in [0.5, 0.6) is 0 Å². The van der Waals surface area contributed by atoms with Crippen LogP contribution in [0.1, 0.15) is 31.3 Å². The van der Waals surface area contributed by atoms with Crippen molar-refractivity contribution in [2.45, 2.75) is 30.4 Å². The summed E-state index contributed by atoms with van der Waals surface area (Å²) in [5.74, 6) is 2.27. The molecule has 0 amide bonds. The summed E-state index contributed by atoms with van der Waals surface area (Å²) in [5.41, 5.74) is 6.78. The fraction of sp³-hybridized carbons (Fsp3) is 0.286. The fourth-order valence-corrected chi connectivity index (χ4v) is 2.70. The smallest absolute Gasteiger partial charge is 0.141 e. The minimum absolute atomic E-state index is 0.342. The van der Waals surface area contributed by atoms with Crippen molar-refractivity contribution < 1.29 is 0 Å². The van der Waals surface area contributed by atoms with Crippen molar-refractivity contribution in [3.63, 3.8) is 0 Å². The molecular formula is C14H16ClN3S. The molecule has 3 nitrogen and oxygen atoms in total. The normalized spacial score (nSPS) is 10.9. The molecule has 0 aliphatic rings. The van der Waals surface area contributed by atoms with Crippen LogP contribution in [-0.4, -0.2) is 9.97 Å². The number of hydrogen-bond acceptors (Lipinski definition) is 4. The van der Waals surface area contributed by atoms with Crippen LogP contribution >= 0.6 is 23.4 Å². The zero-order chi connectivity index (χ0) is 13.8. The molecule has 0 aliphatic heterocycles. The Bertz CT molecular complexity index is 572. The molecule has 100 valence electrons. The summed E-state index contributed by atoms with van der Waals surface area (Å²) in [6.07, 6.45) is 0. The van der Waals surface area contributed by atoms with E-state index in [2.05, 4.69) is 23.8 Å². The van der Waals surface area contributed by atoms with E-state index in [1.54, 1.807) is 11.8 Å². The van der Waals surface area contributed by atoms with E-state index >= 15 is 0 Å². The molecule has 0 radical (unpaired) electrons. The van der Waals surface area contributed by atoms with Crippen LogP contribution in [0, 0.1) is 0 Å². The van der Waals surface area contributed by atoms with Crippen molar-refractivity contribution >= 4 is 29.2 Å². The monoisotopic (exact) mass is 293 g/mol. The maximum Gasteiger partial charge on any atom is 0.141 e. The summed E-state index contributed by atoms with van der Waals surface area (Å²) < 4.78 is 0. The van der Waals surface area contributed by atoms with Gasteiger partial charge in [-0.15, -0.1) is 11.8 Å². The first-order valence-corrected chi connectivity index (χ1v) is 7.43. The molecule has 1 heterocycles. The molecule has 2 aromatic rings. The van der Waals surface area contributed by atoms with Crippen LogP contribution in [0.15, 0.2) is 35.2 Å². The number of nitrogen functional groups attached to an aromatic ring is 1. The van der Waals surface area contributed by atoms with E-state index in [0.717, 1.165) is 21.4 Å². The van der Waals surface area contributed by atoms with Gasteiger partial charge in [0, 0.05) is 16.7 Å². The molecule has 1 aromatic heterocycles. The number of anilines is 1. The van der Waals surface area contributed by atoms with Crippen LogP contribution in [0.2, 0.25) is 5.02 Å². The van der Waals surface area contributed by atoms with Gasteiger partial charge in [0.05, 0.1) is 10.8 Å². The Labute approximate surface area is 122 Å². The number of hydrogen-bond donors (Lipinski definition) is 1. The largest absolute Gasteiger partial charge is 0.384 e. The summed E-state index contributed by atoms with van der Waals surface area (Å²) in [6, 6.07) is 9.58. The van der Waals surface area contributed by atoms with Crippen LogP contribution in [0.4, 0.5) is 5.82 Å². The minimum atomic E-state index is 0.342. The molecular weight excluding hydrogens is 278 g/mol. The second-order valence-electron chi connectivity index (χ2n) is 4.51. The number of nitrogens with zero attached hydrogens (tertiary/aromatic N) is 2. The maximum absolute atomic E-state index is 6.12. The number of halogens is 1. The highest BCUT2D eigenvalue weighted by Crippen LogP contribution is 2.29. The van der Waals surface area contributed by atoms with E-state index in [1.165, 1.54) is 0 Å². The lowest BCUT2D eigenvalue weighted by Crippen LogP contribution is -2.03. The highest BCUT2D eigenvalue weighted by Gasteiger charge is 2.07. The van der Waals surface area contributed by atoms with E-state index in [1.807, 2.05) is 30.3 Å². The van der Waals surface area contributed by atoms with Crippen LogP contribution in [0.25, 0.3) is 0 Å². The third-order valence-corrected chi connectivity index (χ3v) is 4.11. The summed E-state index contributed by atoms with van der Waals surface area (Å²) >= 11 is 7.73. The van der Waals surface area contributed by atoms with Gasteiger partial charge in [-0.05, 0) is 18.1 Å². The van der Waals surface area contributed by atoms with E-state index < -0.39 is 0 Å². The van der Waals surface area contributed by atoms with Crippen LogP contribution < -0.4 is 5.73 Å². The van der Waals surface area contributed by atoms with Crippen molar-refractivity contribution in [3.05, 3.63) is 46.9 Å². The predicted molar refractivity (Wildman–Crippen MR) is 81.5 cm³/mol. The Morgan fingerprint density at radius 2 is 2.00 bits per heavy atom. The SMILES string of the molecule is CC(C)c1cc(N)nc(CSc2ccccc2Cl)n1. The molecule has 19 heavy (non-hydrogen) atoms. The fourth-order valence-electron chi connectivity index (χ4n) is 1.60. The molecule has 0 fully saturated rings. The second-order valence-corrected chi connectivity index (χ2v) is 5.93. The standard InChI is InChI=1S/C14H16ClN3S/c1-9(2)11-7-13(16)18-14(17-11)8-19-12-6-4-3-5-10(12)15/h3-7,9H,8H2,1-2H3,(H2,16,17,18). The Balaban J connectivity index is 2.14. The zero-order valence-electron chi connectivity index (χ0n) is 10.9. The molecule has 2 N–H and O–H groups in total. The topological polar surface area (TPSA) is 51.8 Å². The second kappa shape index (κ2) is 6.26. The van der Waals surface area contributed by atoms with E-state index in [4.69, 9.17) is 17.3 Å². The number of thioether (sulfide) groups is 1. The van der Waals surface area contributed by atoms with Crippen molar-refractivity contribution in [2.24, 2.45) is 0 Å². The molecule has 1 aromatic carbocycles. The van der Waals surface area contributed by atoms with E-state index in [9.17, 15) is 0 Å². The highest BCUT2D eigenvalue weighted by molar-refractivity contribution is 7.98. The lowest BCUT2D eigenvalue weighted by Gasteiger charge is -2.08. The van der Waals surface area contributed by atoms with E-state index in [-0.39, 0.29) is 0 Å². The van der Waals surface area contributed by atoms with Gasteiger partial charge in [0.15, 0.2) is 0 Å². The predicted octanol–water partition coefficient (Wildman–Crippen LogP) is 4.13. The molecule has 0 saturated carbocycles. The Kier molecular flexibility index (Phi) is 4.66. The van der Waals surface area contributed by atoms with Gasteiger partial charge in [0.1, 0.15) is 11.6 Å². The van der Waals surface area contributed by atoms with Gasteiger partial charge < -0.3 is 5.73 Å². The number of rotatable bonds is 4. The Morgan fingerprint density at radius 1 is 1.26 bits per heavy atom. The molecule has 2 rings (SSSR count). The summed E-state index contributed by atoms with van der Waals surface area (Å²) in [7, 11) is 0. The quantitative estimate of drug-likeness (QED) is 0.861. The first-order chi connectivity index (χ1) is 9.06. The number of benzene rings is 1. The zero-order valence-corrected chi connectivity index (χ0v) is 12.5. The number of nitrogens with two attached hydrogens (primary N) is 1. The van der Waals surface area contributed by atoms with Gasteiger partial charge in [-0.3, -0.25) is 0 Å². The molecule has 5 heteroatoms. The van der Waals surface area contributed by atoms with Gasteiger partial charge >= 0.3 is 0 Å². The number of aromatic nitrogens is 2. The molecule has 0 bridgehead atoms. The van der Waals surface area contributed by atoms with Gasteiger partial charge in [0.2, 0.25) is 0 Å². The first kappa shape index (κ1) is 14.2. The lowest BCUT2D eigenvalue weighted by molar-refractivity contribution is 0.801.